The van der Waals surface area contributed by atoms with Crippen LogP contribution in [0.3, 0.4) is 0 Å². The molecule has 0 aromatic heterocycles. The zero-order valence-corrected chi connectivity index (χ0v) is 11.2. The average molecular weight is 320 g/mol. The molecular formula is C10H10BrNO4S. The van der Waals surface area contributed by atoms with Crippen LogP contribution in [0.4, 0.5) is 4.79 Å². The van der Waals surface area contributed by atoms with Crippen molar-refractivity contribution in [1.29, 1.82) is 0 Å². The standard InChI is InChI=1S/C10H10BrNO4S/c11-8-2-1-7-6-12(10(13)14)3-4-17(15,16)9(7)5-8/h1-2,5H,3-4,6H2,(H,13,14). The van der Waals surface area contributed by atoms with Gasteiger partial charge in [0.1, 0.15) is 0 Å². The Morgan fingerprint density at radius 1 is 1.41 bits per heavy atom. The molecule has 0 saturated heterocycles. The van der Waals surface area contributed by atoms with E-state index in [1.807, 2.05) is 0 Å². The van der Waals surface area contributed by atoms with E-state index in [9.17, 15) is 13.2 Å². The summed E-state index contributed by atoms with van der Waals surface area (Å²) in [4.78, 5) is 12.2. The molecule has 0 fully saturated rings. The summed E-state index contributed by atoms with van der Waals surface area (Å²) < 4.78 is 24.6. The van der Waals surface area contributed by atoms with E-state index < -0.39 is 15.9 Å². The zero-order valence-electron chi connectivity index (χ0n) is 8.76. The van der Waals surface area contributed by atoms with Crippen LogP contribution in [-0.2, 0) is 16.4 Å². The van der Waals surface area contributed by atoms with E-state index in [2.05, 4.69) is 15.9 Å². The van der Waals surface area contributed by atoms with Gasteiger partial charge in [0.15, 0.2) is 9.84 Å². The lowest BCUT2D eigenvalue weighted by atomic mass is 10.2. The molecule has 0 spiro atoms. The minimum Gasteiger partial charge on any atom is -0.465 e. The summed E-state index contributed by atoms with van der Waals surface area (Å²) >= 11 is 3.22. The van der Waals surface area contributed by atoms with Crippen molar-refractivity contribution in [2.75, 3.05) is 12.3 Å². The van der Waals surface area contributed by atoms with Gasteiger partial charge in [0.2, 0.25) is 0 Å². The van der Waals surface area contributed by atoms with E-state index in [0.29, 0.717) is 10.0 Å². The number of hydrogen-bond acceptors (Lipinski definition) is 3. The van der Waals surface area contributed by atoms with Gasteiger partial charge in [-0.25, -0.2) is 13.2 Å². The van der Waals surface area contributed by atoms with Crippen molar-refractivity contribution in [3.05, 3.63) is 28.2 Å². The topological polar surface area (TPSA) is 74.7 Å². The van der Waals surface area contributed by atoms with Gasteiger partial charge in [0.25, 0.3) is 0 Å². The number of rotatable bonds is 0. The first-order valence-electron chi connectivity index (χ1n) is 4.89. The molecule has 7 heteroatoms. The number of carboxylic acid groups (broad SMARTS) is 1. The molecule has 1 aromatic rings. The molecule has 0 radical (unpaired) electrons. The van der Waals surface area contributed by atoms with Gasteiger partial charge in [-0.1, -0.05) is 22.0 Å². The van der Waals surface area contributed by atoms with Crippen LogP contribution < -0.4 is 0 Å². The van der Waals surface area contributed by atoms with Crippen molar-refractivity contribution in [2.45, 2.75) is 11.4 Å². The second kappa shape index (κ2) is 4.30. The molecule has 2 rings (SSSR count). The van der Waals surface area contributed by atoms with Crippen LogP contribution in [0.15, 0.2) is 27.6 Å². The fourth-order valence-corrected chi connectivity index (χ4v) is 3.77. The lowest BCUT2D eigenvalue weighted by Crippen LogP contribution is -2.30. The molecular weight excluding hydrogens is 310 g/mol. The molecule has 1 amide bonds. The molecule has 0 aliphatic carbocycles. The van der Waals surface area contributed by atoms with Crippen LogP contribution in [0.5, 0.6) is 0 Å². The average Bonchev–Trinajstić information content (AvgIpc) is 2.37. The maximum absolute atomic E-state index is 12.0. The van der Waals surface area contributed by atoms with Crippen molar-refractivity contribution in [2.24, 2.45) is 0 Å². The van der Waals surface area contributed by atoms with Crippen LogP contribution in [0, 0.1) is 0 Å². The number of hydrogen-bond donors (Lipinski definition) is 1. The monoisotopic (exact) mass is 319 g/mol. The number of nitrogens with zero attached hydrogens (tertiary/aromatic N) is 1. The van der Waals surface area contributed by atoms with Crippen molar-refractivity contribution in [1.82, 2.24) is 4.90 Å². The van der Waals surface area contributed by atoms with Crippen molar-refractivity contribution < 1.29 is 18.3 Å². The number of benzene rings is 1. The Hall–Kier alpha value is -1.08. The highest BCUT2D eigenvalue weighted by molar-refractivity contribution is 9.10. The van der Waals surface area contributed by atoms with Crippen LogP contribution in [0.25, 0.3) is 0 Å². The third-order valence-corrected chi connectivity index (χ3v) is 4.89. The highest BCUT2D eigenvalue weighted by Crippen LogP contribution is 2.26. The van der Waals surface area contributed by atoms with Gasteiger partial charge in [-0.05, 0) is 17.7 Å². The van der Waals surface area contributed by atoms with Gasteiger partial charge in [-0.15, -0.1) is 0 Å². The number of amides is 1. The summed E-state index contributed by atoms with van der Waals surface area (Å²) in [5.74, 6) is -0.178. The van der Waals surface area contributed by atoms with Crippen molar-refractivity contribution in [3.8, 4) is 0 Å². The SMILES string of the molecule is O=C(O)N1CCS(=O)(=O)c2cc(Br)ccc2C1. The second-order valence-corrected chi connectivity index (χ2v) is 6.77. The predicted molar refractivity (Wildman–Crippen MR) is 64.6 cm³/mol. The fraction of sp³-hybridized carbons (Fsp3) is 0.300. The normalized spacial score (nSPS) is 18.3. The molecule has 1 aliphatic rings. The minimum absolute atomic E-state index is 0.00393. The molecule has 5 nitrogen and oxygen atoms in total. The van der Waals surface area contributed by atoms with E-state index in [1.54, 1.807) is 12.1 Å². The summed E-state index contributed by atoms with van der Waals surface area (Å²) in [5, 5.41) is 8.94. The second-order valence-electron chi connectivity index (χ2n) is 3.78. The van der Waals surface area contributed by atoms with Crippen LogP contribution in [0.2, 0.25) is 0 Å². The van der Waals surface area contributed by atoms with E-state index in [4.69, 9.17) is 5.11 Å². The molecule has 0 bridgehead atoms. The molecule has 1 aromatic carbocycles. The highest BCUT2D eigenvalue weighted by atomic mass is 79.9. The first-order chi connectivity index (χ1) is 7.90. The quantitative estimate of drug-likeness (QED) is 0.790. The van der Waals surface area contributed by atoms with E-state index >= 15 is 0 Å². The molecule has 0 atom stereocenters. The van der Waals surface area contributed by atoms with Gasteiger partial charge >= 0.3 is 6.09 Å². The summed E-state index contributed by atoms with van der Waals surface area (Å²) in [5.41, 5.74) is 0.521. The van der Waals surface area contributed by atoms with E-state index in [-0.39, 0.29) is 23.7 Å². The van der Waals surface area contributed by atoms with E-state index in [0.717, 1.165) is 4.90 Å². The molecule has 0 saturated carbocycles. The number of fused-ring (bicyclic) bond motifs is 1. The smallest absolute Gasteiger partial charge is 0.407 e. The maximum atomic E-state index is 12.0. The van der Waals surface area contributed by atoms with Crippen LogP contribution >= 0.6 is 15.9 Å². The van der Waals surface area contributed by atoms with Gasteiger partial charge in [-0.3, -0.25) is 0 Å². The van der Waals surface area contributed by atoms with Gasteiger partial charge in [0.05, 0.1) is 17.2 Å². The summed E-state index contributed by atoms with van der Waals surface area (Å²) in [6, 6.07) is 4.87. The van der Waals surface area contributed by atoms with Gasteiger partial charge < -0.3 is 10.0 Å². The largest absolute Gasteiger partial charge is 0.465 e. The first-order valence-corrected chi connectivity index (χ1v) is 7.34. The third kappa shape index (κ3) is 2.44. The summed E-state index contributed by atoms with van der Waals surface area (Å²) in [6.45, 7) is 0.112. The Bertz CT molecular complexity index is 570. The van der Waals surface area contributed by atoms with Gasteiger partial charge in [0, 0.05) is 11.0 Å². The van der Waals surface area contributed by atoms with Crippen LogP contribution in [0.1, 0.15) is 5.56 Å². The fourth-order valence-electron chi connectivity index (χ4n) is 1.74. The summed E-state index contributed by atoms with van der Waals surface area (Å²) in [7, 11) is -3.40. The predicted octanol–water partition coefficient (Wildman–Crippen LogP) is 1.72. The highest BCUT2D eigenvalue weighted by Gasteiger charge is 2.27. The molecule has 17 heavy (non-hydrogen) atoms. The Morgan fingerprint density at radius 2 is 2.12 bits per heavy atom. The molecule has 0 unspecified atom stereocenters. The zero-order chi connectivity index (χ0) is 12.6. The molecule has 92 valence electrons. The van der Waals surface area contributed by atoms with Gasteiger partial charge in [-0.2, -0.15) is 0 Å². The van der Waals surface area contributed by atoms with Crippen molar-refractivity contribution >= 4 is 31.9 Å². The number of carbonyl (C=O) groups is 1. The Kier molecular flexibility index (Phi) is 3.13. The van der Waals surface area contributed by atoms with Crippen molar-refractivity contribution in [3.63, 3.8) is 0 Å². The number of sulfone groups is 1. The Balaban J connectivity index is 2.54. The molecule has 1 heterocycles. The summed E-state index contributed by atoms with van der Waals surface area (Å²) in [6.07, 6.45) is -1.10. The number of halogens is 1. The lowest BCUT2D eigenvalue weighted by Gasteiger charge is -2.15. The van der Waals surface area contributed by atoms with Crippen LogP contribution in [-0.4, -0.2) is 36.8 Å². The third-order valence-electron chi connectivity index (χ3n) is 2.63. The Labute approximate surface area is 107 Å². The maximum Gasteiger partial charge on any atom is 0.407 e. The Morgan fingerprint density at radius 3 is 2.76 bits per heavy atom. The minimum atomic E-state index is -3.40. The van der Waals surface area contributed by atoms with E-state index in [1.165, 1.54) is 6.07 Å². The lowest BCUT2D eigenvalue weighted by molar-refractivity contribution is 0.145. The molecule has 1 aliphatic heterocycles. The molecule has 1 N–H and O–H groups in total. The first kappa shape index (κ1) is 12.4.